The summed E-state index contributed by atoms with van der Waals surface area (Å²) in [5.41, 5.74) is 3.39. The van der Waals surface area contributed by atoms with Crippen molar-refractivity contribution in [1.82, 2.24) is 15.0 Å². The summed E-state index contributed by atoms with van der Waals surface area (Å²) in [6.07, 6.45) is 6.32. The third kappa shape index (κ3) is 1.34. The molecule has 0 fully saturated rings. The van der Waals surface area contributed by atoms with E-state index in [0.29, 0.717) is 0 Å². The summed E-state index contributed by atoms with van der Waals surface area (Å²) in [4.78, 5) is 14.9. The number of hydrogen-bond donors (Lipinski definition) is 0. The Balaban J connectivity index is 2.08. The van der Waals surface area contributed by atoms with Crippen molar-refractivity contribution in [3.05, 3.63) is 42.1 Å². The van der Waals surface area contributed by atoms with E-state index in [2.05, 4.69) is 25.9 Å². The molecule has 3 rings (SSSR count). The number of rotatable bonds is 1. The van der Waals surface area contributed by atoms with Gasteiger partial charge in [0, 0.05) is 24.5 Å². The Morgan fingerprint density at radius 3 is 3.12 bits per heavy atom. The van der Waals surface area contributed by atoms with Crippen LogP contribution in [0.15, 0.2) is 30.9 Å². The van der Waals surface area contributed by atoms with Gasteiger partial charge >= 0.3 is 0 Å². The lowest BCUT2D eigenvalue weighted by Crippen LogP contribution is -2.15. The normalized spacial score (nSPS) is 13.9. The summed E-state index contributed by atoms with van der Waals surface area (Å²) < 4.78 is 0. The predicted molar refractivity (Wildman–Crippen MR) is 61.7 cm³/mol. The van der Waals surface area contributed by atoms with Gasteiger partial charge in [0.1, 0.15) is 12.1 Å². The van der Waals surface area contributed by atoms with Crippen LogP contribution in [-0.2, 0) is 6.42 Å². The van der Waals surface area contributed by atoms with Crippen LogP contribution in [0.5, 0.6) is 0 Å². The second-order valence-corrected chi connectivity index (χ2v) is 3.88. The molecule has 0 spiro atoms. The first-order valence-corrected chi connectivity index (χ1v) is 5.34. The molecule has 0 saturated heterocycles. The number of aromatic nitrogens is 3. The maximum absolute atomic E-state index is 4.35. The highest BCUT2D eigenvalue weighted by Crippen LogP contribution is 2.32. The van der Waals surface area contributed by atoms with Gasteiger partial charge in [-0.2, -0.15) is 0 Å². The van der Waals surface area contributed by atoms with Crippen LogP contribution in [0, 0.1) is 6.92 Å². The lowest BCUT2D eigenvalue weighted by Gasteiger charge is -2.19. The molecule has 4 heteroatoms. The quantitative estimate of drug-likeness (QED) is 0.723. The van der Waals surface area contributed by atoms with Gasteiger partial charge in [0.05, 0.1) is 11.4 Å². The first-order chi connectivity index (χ1) is 7.86. The molecule has 0 N–H and O–H groups in total. The molecule has 80 valence electrons. The zero-order chi connectivity index (χ0) is 11.0. The molecule has 0 aliphatic carbocycles. The van der Waals surface area contributed by atoms with Crippen LogP contribution in [0.25, 0.3) is 0 Å². The van der Waals surface area contributed by atoms with E-state index in [9.17, 15) is 0 Å². The molecule has 0 unspecified atom stereocenters. The van der Waals surface area contributed by atoms with E-state index in [-0.39, 0.29) is 0 Å². The van der Waals surface area contributed by atoms with Gasteiger partial charge in [-0.15, -0.1) is 0 Å². The summed E-state index contributed by atoms with van der Waals surface area (Å²) in [6, 6.07) is 4.04. The van der Waals surface area contributed by atoms with E-state index in [1.807, 2.05) is 25.4 Å². The monoisotopic (exact) mass is 212 g/mol. The summed E-state index contributed by atoms with van der Waals surface area (Å²) in [6.45, 7) is 2.98. The van der Waals surface area contributed by atoms with Crippen molar-refractivity contribution in [2.24, 2.45) is 0 Å². The standard InChI is InChI=1S/C12H12N4/c1-9-11(3-2-5-14-9)16-6-4-10-7-13-8-15-12(10)16/h2-3,5,7-8H,4,6H2,1H3. The van der Waals surface area contributed by atoms with Gasteiger partial charge in [-0.05, 0) is 25.5 Å². The Kier molecular flexibility index (Phi) is 2.06. The van der Waals surface area contributed by atoms with Crippen LogP contribution >= 0.6 is 0 Å². The van der Waals surface area contributed by atoms with Crippen molar-refractivity contribution in [2.45, 2.75) is 13.3 Å². The molecular weight excluding hydrogens is 200 g/mol. The van der Waals surface area contributed by atoms with Gasteiger partial charge in [-0.3, -0.25) is 4.98 Å². The van der Waals surface area contributed by atoms with Gasteiger partial charge in [0.25, 0.3) is 0 Å². The Morgan fingerprint density at radius 2 is 2.25 bits per heavy atom. The SMILES string of the molecule is Cc1ncccc1N1CCc2cncnc21. The average Bonchev–Trinajstić information content (AvgIpc) is 2.74. The van der Waals surface area contributed by atoms with Crippen LogP contribution in [0.1, 0.15) is 11.3 Å². The van der Waals surface area contributed by atoms with E-state index in [0.717, 1.165) is 30.2 Å². The minimum Gasteiger partial charge on any atom is -0.324 e. The van der Waals surface area contributed by atoms with E-state index in [1.54, 1.807) is 6.33 Å². The number of nitrogens with zero attached hydrogens (tertiary/aromatic N) is 4. The molecule has 3 heterocycles. The largest absolute Gasteiger partial charge is 0.324 e. The Labute approximate surface area is 94.0 Å². The number of pyridine rings is 1. The van der Waals surface area contributed by atoms with Crippen molar-refractivity contribution < 1.29 is 0 Å². The number of aryl methyl sites for hydroxylation is 1. The number of hydrogen-bond acceptors (Lipinski definition) is 4. The Hall–Kier alpha value is -1.97. The van der Waals surface area contributed by atoms with Gasteiger partial charge in [0.2, 0.25) is 0 Å². The molecule has 0 atom stereocenters. The minimum absolute atomic E-state index is 0.959. The molecule has 0 aromatic carbocycles. The minimum atomic E-state index is 0.959. The van der Waals surface area contributed by atoms with Crippen molar-refractivity contribution in [3.8, 4) is 0 Å². The van der Waals surface area contributed by atoms with Crippen molar-refractivity contribution in [3.63, 3.8) is 0 Å². The summed E-state index contributed by atoms with van der Waals surface area (Å²) in [7, 11) is 0. The molecule has 0 bridgehead atoms. The Bertz CT molecular complexity index is 524. The highest BCUT2D eigenvalue weighted by atomic mass is 15.2. The van der Waals surface area contributed by atoms with Crippen LogP contribution in [0.3, 0.4) is 0 Å². The van der Waals surface area contributed by atoms with Crippen LogP contribution in [0.2, 0.25) is 0 Å². The first-order valence-electron chi connectivity index (χ1n) is 5.34. The van der Waals surface area contributed by atoms with Gasteiger partial charge in [-0.25, -0.2) is 9.97 Å². The fourth-order valence-corrected chi connectivity index (χ4v) is 2.11. The second kappa shape index (κ2) is 3.56. The molecule has 0 radical (unpaired) electrons. The maximum atomic E-state index is 4.35. The fraction of sp³-hybridized carbons (Fsp3) is 0.250. The number of fused-ring (bicyclic) bond motifs is 1. The van der Waals surface area contributed by atoms with Gasteiger partial charge in [-0.1, -0.05) is 0 Å². The van der Waals surface area contributed by atoms with Crippen molar-refractivity contribution in [1.29, 1.82) is 0 Å². The smallest absolute Gasteiger partial charge is 0.139 e. The summed E-state index contributed by atoms with van der Waals surface area (Å²) in [5, 5.41) is 0. The molecule has 2 aromatic rings. The van der Waals surface area contributed by atoms with Crippen LogP contribution < -0.4 is 4.90 Å². The molecular formula is C12H12N4. The van der Waals surface area contributed by atoms with E-state index < -0.39 is 0 Å². The van der Waals surface area contributed by atoms with Crippen LogP contribution in [-0.4, -0.2) is 21.5 Å². The highest BCUT2D eigenvalue weighted by Gasteiger charge is 2.22. The lowest BCUT2D eigenvalue weighted by molar-refractivity contribution is 0.973. The van der Waals surface area contributed by atoms with E-state index in [4.69, 9.17) is 0 Å². The van der Waals surface area contributed by atoms with E-state index in [1.165, 1.54) is 5.56 Å². The second-order valence-electron chi connectivity index (χ2n) is 3.88. The molecule has 16 heavy (non-hydrogen) atoms. The van der Waals surface area contributed by atoms with Gasteiger partial charge in [0.15, 0.2) is 0 Å². The number of anilines is 2. The van der Waals surface area contributed by atoms with Crippen LogP contribution in [0.4, 0.5) is 11.5 Å². The first kappa shape index (κ1) is 9.27. The van der Waals surface area contributed by atoms with Crippen molar-refractivity contribution in [2.75, 3.05) is 11.4 Å². The molecule has 1 aliphatic heterocycles. The van der Waals surface area contributed by atoms with Gasteiger partial charge < -0.3 is 4.90 Å². The maximum Gasteiger partial charge on any atom is 0.139 e. The molecule has 4 nitrogen and oxygen atoms in total. The molecule has 0 saturated carbocycles. The average molecular weight is 212 g/mol. The third-order valence-corrected chi connectivity index (χ3v) is 2.89. The predicted octanol–water partition coefficient (Wildman–Crippen LogP) is 1.87. The third-order valence-electron chi connectivity index (χ3n) is 2.89. The summed E-state index contributed by atoms with van der Waals surface area (Å²) in [5.74, 6) is 1.02. The highest BCUT2D eigenvalue weighted by molar-refractivity contribution is 5.67. The topological polar surface area (TPSA) is 41.9 Å². The lowest BCUT2D eigenvalue weighted by atomic mass is 10.3. The van der Waals surface area contributed by atoms with E-state index >= 15 is 0 Å². The zero-order valence-corrected chi connectivity index (χ0v) is 9.09. The fourth-order valence-electron chi connectivity index (χ4n) is 2.11. The van der Waals surface area contributed by atoms with Crippen molar-refractivity contribution >= 4 is 11.5 Å². The molecule has 2 aromatic heterocycles. The molecule has 0 amide bonds. The summed E-state index contributed by atoms with van der Waals surface area (Å²) >= 11 is 0. The Morgan fingerprint density at radius 1 is 1.31 bits per heavy atom. The molecule has 1 aliphatic rings. The zero-order valence-electron chi connectivity index (χ0n) is 9.09.